The summed E-state index contributed by atoms with van der Waals surface area (Å²) in [5, 5.41) is 27.5. The van der Waals surface area contributed by atoms with Gasteiger partial charge in [-0.1, -0.05) is 42.5 Å². The number of Topliss-reactive ketones (excluding diaryl/α,β-unsaturated/α-hetero) is 1. The lowest BCUT2D eigenvalue weighted by Crippen LogP contribution is -2.29. The van der Waals surface area contributed by atoms with E-state index in [2.05, 4.69) is 0 Å². The average molecular weight is 479 g/mol. The first-order chi connectivity index (χ1) is 16.1. The summed E-state index contributed by atoms with van der Waals surface area (Å²) in [6.07, 6.45) is 0. The van der Waals surface area contributed by atoms with Gasteiger partial charge in [0.25, 0.3) is 17.4 Å². The molecule has 0 spiro atoms. The number of aliphatic hydroxyl groups excluding tert-OH is 1. The van der Waals surface area contributed by atoms with Crippen molar-refractivity contribution in [2.75, 3.05) is 4.90 Å². The Balaban J connectivity index is 1.95. The third-order valence-electron chi connectivity index (χ3n) is 5.33. The van der Waals surface area contributed by atoms with Crippen LogP contribution in [0.3, 0.4) is 0 Å². The smallest absolute Gasteiger partial charge is 0.300 e. The maximum atomic E-state index is 13.1. The first-order valence-electron chi connectivity index (χ1n) is 9.83. The zero-order valence-corrected chi connectivity index (χ0v) is 18.2. The monoisotopic (exact) mass is 479 g/mol. The first kappa shape index (κ1) is 22.8. The van der Waals surface area contributed by atoms with Gasteiger partial charge in [-0.15, -0.1) is 0 Å². The summed E-state index contributed by atoms with van der Waals surface area (Å²) in [5.74, 6) is -2.43. The molecule has 3 N–H and O–H groups in total. The zero-order chi connectivity index (χ0) is 24.6. The molecule has 0 aromatic heterocycles. The number of nitro groups is 1. The number of nitrogens with two attached hydrogens (primary N) is 1. The zero-order valence-electron chi connectivity index (χ0n) is 17.4. The standard InChI is InChI=1S/C23H17N3O7S/c24-34(32,33)18-11-9-16(10-12-18)25-20(15-7-4-8-17(13-15)26(30)31)19(22(28)23(25)29)21(27)14-5-2-1-3-6-14/h1-13,20,27H,(H2,24,32,33)/t20-/m1/s1. The van der Waals surface area contributed by atoms with Crippen molar-refractivity contribution in [1.82, 2.24) is 0 Å². The van der Waals surface area contributed by atoms with E-state index in [1.54, 1.807) is 30.3 Å². The SMILES string of the molecule is NS(=O)(=O)c1ccc(N2C(=O)C(=O)C(=C(O)c3ccccc3)[C@H]2c2cccc([N+](=O)[O-])c2)cc1. The quantitative estimate of drug-likeness (QED) is 0.187. The van der Waals surface area contributed by atoms with Gasteiger partial charge in [0.2, 0.25) is 10.0 Å². The summed E-state index contributed by atoms with van der Waals surface area (Å²) in [7, 11) is -4.00. The second kappa shape index (κ2) is 8.54. The van der Waals surface area contributed by atoms with Crippen molar-refractivity contribution < 1.29 is 28.0 Å². The molecule has 0 saturated carbocycles. The molecule has 3 aromatic rings. The number of aliphatic hydroxyl groups is 1. The number of non-ortho nitro benzene ring substituents is 1. The molecule has 0 bridgehead atoms. The Morgan fingerprint density at radius 3 is 2.21 bits per heavy atom. The van der Waals surface area contributed by atoms with E-state index in [-0.39, 0.29) is 33.0 Å². The fraction of sp³-hybridized carbons (Fsp3) is 0.0435. The molecule has 4 rings (SSSR count). The van der Waals surface area contributed by atoms with E-state index >= 15 is 0 Å². The number of nitrogens with zero attached hydrogens (tertiary/aromatic N) is 2. The Hall–Kier alpha value is -4.35. The second-order valence-electron chi connectivity index (χ2n) is 7.43. The van der Waals surface area contributed by atoms with Crippen LogP contribution in [0.25, 0.3) is 5.76 Å². The number of carbonyl (C=O) groups is 2. The van der Waals surface area contributed by atoms with Gasteiger partial charge in [0, 0.05) is 23.4 Å². The number of benzene rings is 3. The van der Waals surface area contributed by atoms with E-state index in [0.717, 1.165) is 4.90 Å². The Morgan fingerprint density at radius 2 is 1.62 bits per heavy atom. The number of anilines is 1. The van der Waals surface area contributed by atoms with Crippen molar-refractivity contribution in [3.05, 3.63) is 106 Å². The Labute approximate surface area is 193 Å². The van der Waals surface area contributed by atoms with Crippen molar-refractivity contribution in [2.24, 2.45) is 5.14 Å². The molecule has 1 heterocycles. The van der Waals surface area contributed by atoms with Crippen LogP contribution in [0.1, 0.15) is 17.2 Å². The van der Waals surface area contributed by atoms with Gasteiger partial charge in [0.1, 0.15) is 5.76 Å². The Morgan fingerprint density at radius 1 is 0.971 bits per heavy atom. The predicted molar refractivity (Wildman–Crippen MR) is 122 cm³/mol. The lowest BCUT2D eigenvalue weighted by atomic mass is 9.95. The molecule has 0 radical (unpaired) electrons. The highest BCUT2D eigenvalue weighted by Gasteiger charge is 2.47. The molecule has 1 aliphatic rings. The minimum Gasteiger partial charge on any atom is -0.507 e. The van der Waals surface area contributed by atoms with Gasteiger partial charge >= 0.3 is 0 Å². The van der Waals surface area contributed by atoms with Crippen LogP contribution in [0.5, 0.6) is 0 Å². The van der Waals surface area contributed by atoms with Gasteiger partial charge in [-0.3, -0.25) is 24.6 Å². The molecule has 1 atom stereocenters. The molecule has 1 fully saturated rings. The van der Waals surface area contributed by atoms with E-state index in [9.17, 15) is 33.2 Å². The largest absolute Gasteiger partial charge is 0.507 e. The molecular formula is C23H17N3O7S. The first-order valence-corrected chi connectivity index (χ1v) is 11.4. The molecule has 1 aliphatic heterocycles. The maximum absolute atomic E-state index is 13.1. The van der Waals surface area contributed by atoms with Crippen LogP contribution in [0.2, 0.25) is 0 Å². The van der Waals surface area contributed by atoms with Crippen LogP contribution in [0.15, 0.2) is 89.3 Å². The van der Waals surface area contributed by atoms with Crippen LogP contribution >= 0.6 is 0 Å². The van der Waals surface area contributed by atoms with Gasteiger partial charge in [-0.25, -0.2) is 13.6 Å². The summed E-state index contributed by atoms with van der Waals surface area (Å²) in [4.78, 5) is 37.7. The van der Waals surface area contributed by atoms with Gasteiger partial charge < -0.3 is 5.11 Å². The minimum absolute atomic E-state index is 0.137. The Bertz CT molecular complexity index is 1450. The van der Waals surface area contributed by atoms with Crippen molar-refractivity contribution in [3.8, 4) is 0 Å². The number of primary sulfonamides is 1. The second-order valence-corrected chi connectivity index (χ2v) is 8.99. The summed E-state index contributed by atoms with van der Waals surface area (Å²) in [6.45, 7) is 0. The van der Waals surface area contributed by atoms with Crippen molar-refractivity contribution in [1.29, 1.82) is 0 Å². The van der Waals surface area contributed by atoms with Gasteiger partial charge in [-0.05, 0) is 29.8 Å². The highest BCUT2D eigenvalue weighted by molar-refractivity contribution is 7.89. The van der Waals surface area contributed by atoms with E-state index in [0.29, 0.717) is 0 Å². The molecular weight excluding hydrogens is 462 g/mol. The lowest BCUT2D eigenvalue weighted by molar-refractivity contribution is -0.384. The van der Waals surface area contributed by atoms with Crippen LogP contribution in [-0.4, -0.2) is 30.1 Å². The van der Waals surface area contributed by atoms with Gasteiger partial charge in [0.15, 0.2) is 0 Å². The summed E-state index contributed by atoms with van der Waals surface area (Å²) in [6, 6.07) is 17.2. The van der Waals surface area contributed by atoms with Crippen LogP contribution in [0, 0.1) is 10.1 Å². The highest BCUT2D eigenvalue weighted by atomic mass is 32.2. The molecule has 34 heavy (non-hydrogen) atoms. The topological polar surface area (TPSA) is 161 Å². The molecule has 0 unspecified atom stereocenters. The van der Waals surface area contributed by atoms with E-state index in [1.807, 2.05) is 0 Å². The lowest BCUT2D eigenvalue weighted by Gasteiger charge is -2.25. The summed E-state index contributed by atoms with van der Waals surface area (Å²) in [5.41, 5.74) is 0.0969. The van der Waals surface area contributed by atoms with Gasteiger partial charge in [-0.2, -0.15) is 0 Å². The number of amides is 1. The van der Waals surface area contributed by atoms with E-state index < -0.39 is 38.4 Å². The number of nitro benzene ring substituents is 1. The van der Waals surface area contributed by atoms with Crippen molar-refractivity contribution in [3.63, 3.8) is 0 Å². The summed E-state index contributed by atoms with van der Waals surface area (Å²) >= 11 is 0. The molecule has 1 amide bonds. The number of rotatable bonds is 5. The number of carbonyl (C=O) groups excluding carboxylic acids is 2. The van der Waals surface area contributed by atoms with Gasteiger partial charge in [0.05, 0.1) is 21.4 Å². The molecule has 3 aromatic carbocycles. The highest BCUT2D eigenvalue weighted by Crippen LogP contribution is 2.42. The fourth-order valence-corrected chi connectivity index (χ4v) is 4.29. The average Bonchev–Trinajstić information content (AvgIpc) is 3.09. The van der Waals surface area contributed by atoms with Crippen molar-refractivity contribution >= 4 is 38.8 Å². The number of ketones is 1. The number of hydrogen-bond donors (Lipinski definition) is 2. The van der Waals surface area contributed by atoms with Crippen LogP contribution in [0.4, 0.5) is 11.4 Å². The molecule has 172 valence electrons. The molecule has 0 aliphatic carbocycles. The molecule has 11 heteroatoms. The number of sulfonamides is 1. The molecule has 1 saturated heterocycles. The molecule has 10 nitrogen and oxygen atoms in total. The fourth-order valence-electron chi connectivity index (χ4n) is 3.77. The van der Waals surface area contributed by atoms with E-state index in [4.69, 9.17) is 5.14 Å². The van der Waals surface area contributed by atoms with Crippen LogP contribution in [-0.2, 0) is 19.6 Å². The van der Waals surface area contributed by atoms with Crippen LogP contribution < -0.4 is 10.0 Å². The number of hydrogen-bond acceptors (Lipinski definition) is 7. The third-order valence-corrected chi connectivity index (χ3v) is 6.26. The normalized spacial score (nSPS) is 17.7. The third kappa shape index (κ3) is 4.05. The van der Waals surface area contributed by atoms with Crippen molar-refractivity contribution in [2.45, 2.75) is 10.9 Å². The Kier molecular flexibility index (Phi) is 5.73. The summed E-state index contributed by atoms with van der Waals surface area (Å²) < 4.78 is 23.2. The maximum Gasteiger partial charge on any atom is 0.300 e. The predicted octanol–water partition coefficient (Wildman–Crippen LogP) is 2.87. The van der Waals surface area contributed by atoms with E-state index in [1.165, 1.54) is 48.5 Å². The minimum atomic E-state index is -4.00.